The second-order valence-corrected chi connectivity index (χ2v) is 5.10. The van der Waals surface area contributed by atoms with E-state index in [9.17, 15) is 4.79 Å². The number of halogens is 1. The van der Waals surface area contributed by atoms with Crippen molar-refractivity contribution in [1.29, 1.82) is 0 Å². The smallest absolute Gasteiger partial charge is 0.253 e. The highest BCUT2D eigenvalue weighted by atomic mass is 35.5. The Balaban J connectivity index is 0.00000180. The number of thioether (sulfide) groups is 1. The summed E-state index contributed by atoms with van der Waals surface area (Å²) in [7, 11) is 0. The van der Waals surface area contributed by atoms with Crippen LogP contribution in [0.15, 0.2) is 29.2 Å². The second-order valence-electron chi connectivity index (χ2n) is 4.25. The lowest BCUT2D eigenvalue weighted by molar-refractivity contribution is -0.126. The minimum absolute atomic E-state index is 0. The zero-order chi connectivity index (χ0) is 13.0. The van der Waals surface area contributed by atoms with Crippen molar-refractivity contribution in [3.05, 3.63) is 24.3 Å². The van der Waals surface area contributed by atoms with E-state index < -0.39 is 0 Å². The summed E-state index contributed by atoms with van der Waals surface area (Å²) >= 11 is 1.61. The molecule has 0 aliphatic carbocycles. The average Bonchev–Trinajstić information content (AvgIpc) is 2.88. The van der Waals surface area contributed by atoms with Crippen molar-refractivity contribution >= 4 is 35.8 Å². The third-order valence-corrected chi connectivity index (χ3v) is 3.82. The molecule has 1 saturated heterocycles. The fourth-order valence-electron chi connectivity index (χ4n) is 2.03. The van der Waals surface area contributed by atoms with Crippen molar-refractivity contribution in [3.8, 4) is 0 Å². The Bertz CT molecular complexity index is 431. The molecule has 1 heterocycles. The number of amides is 1. The predicted molar refractivity (Wildman–Crippen MR) is 81.1 cm³/mol. The molecule has 1 aliphatic heterocycles. The standard InChI is InChI=1S/C13H18N2O2S.ClH/c1-18-12-5-3-2-4-10(12)15-13(16)11-7-6-9(8-14)17-11;/h2-5,9,11H,6-8,14H2,1H3,(H,15,16);1H/t9-,11+;/m1./s1. The Labute approximate surface area is 123 Å². The lowest BCUT2D eigenvalue weighted by atomic mass is 10.2. The SMILES string of the molecule is CSc1ccccc1NC(=O)[C@@H]1CC[C@H](CN)O1.Cl. The molecule has 2 rings (SSSR count). The van der Waals surface area contributed by atoms with Crippen molar-refractivity contribution in [2.45, 2.75) is 29.9 Å². The number of benzene rings is 1. The molecule has 6 heteroatoms. The molecule has 106 valence electrons. The molecule has 0 unspecified atom stereocenters. The van der Waals surface area contributed by atoms with Gasteiger partial charge in [0.05, 0.1) is 11.8 Å². The molecule has 2 atom stereocenters. The molecule has 0 saturated carbocycles. The second kappa shape index (κ2) is 7.75. The molecule has 0 radical (unpaired) electrons. The van der Waals surface area contributed by atoms with E-state index >= 15 is 0 Å². The van der Waals surface area contributed by atoms with Crippen molar-refractivity contribution < 1.29 is 9.53 Å². The van der Waals surface area contributed by atoms with E-state index in [0.29, 0.717) is 6.54 Å². The topological polar surface area (TPSA) is 64.4 Å². The summed E-state index contributed by atoms with van der Waals surface area (Å²) in [5.74, 6) is -0.0764. The van der Waals surface area contributed by atoms with Gasteiger partial charge in [-0.05, 0) is 31.2 Å². The number of nitrogens with one attached hydrogen (secondary N) is 1. The largest absolute Gasteiger partial charge is 0.364 e. The molecule has 19 heavy (non-hydrogen) atoms. The van der Waals surface area contributed by atoms with E-state index in [-0.39, 0.29) is 30.5 Å². The van der Waals surface area contributed by atoms with Crippen LogP contribution in [0.3, 0.4) is 0 Å². The molecule has 0 aromatic heterocycles. The van der Waals surface area contributed by atoms with Gasteiger partial charge in [0, 0.05) is 11.4 Å². The monoisotopic (exact) mass is 302 g/mol. The highest BCUT2D eigenvalue weighted by molar-refractivity contribution is 7.98. The van der Waals surface area contributed by atoms with Gasteiger partial charge < -0.3 is 15.8 Å². The third kappa shape index (κ3) is 4.11. The van der Waals surface area contributed by atoms with Gasteiger partial charge in [0.1, 0.15) is 6.10 Å². The van der Waals surface area contributed by atoms with Crippen LogP contribution in [0.4, 0.5) is 5.69 Å². The number of carbonyl (C=O) groups is 1. The molecule has 1 aromatic carbocycles. The molecular formula is C13H19ClN2O2S. The fourth-order valence-corrected chi connectivity index (χ4v) is 2.59. The fraction of sp³-hybridized carbons (Fsp3) is 0.462. The van der Waals surface area contributed by atoms with Crippen molar-refractivity contribution in [2.24, 2.45) is 5.73 Å². The number of rotatable bonds is 4. The highest BCUT2D eigenvalue weighted by Crippen LogP contribution is 2.26. The van der Waals surface area contributed by atoms with E-state index in [1.54, 1.807) is 11.8 Å². The zero-order valence-electron chi connectivity index (χ0n) is 10.8. The molecule has 1 amide bonds. The van der Waals surface area contributed by atoms with E-state index in [1.165, 1.54) is 0 Å². The summed E-state index contributed by atoms with van der Waals surface area (Å²) < 4.78 is 5.57. The number of carbonyl (C=O) groups excluding carboxylic acids is 1. The number of hydrogen-bond acceptors (Lipinski definition) is 4. The van der Waals surface area contributed by atoms with Crippen LogP contribution in [0.5, 0.6) is 0 Å². The first-order chi connectivity index (χ1) is 8.74. The van der Waals surface area contributed by atoms with Gasteiger partial charge in [0.25, 0.3) is 5.91 Å². The molecule has 1 aromatic rings. The van der Waals surface area contributed by atoms with Crippen LogP contribution in [-0.2, 0) is 9.53 Å². The van der Waals surface area contributed by atoms with E-state index in [2.05, 4.69) is 5.32 Å². The molecule has 1 aliphatic rings. The third-order valence-electron chi connectivity index (χ3n) is 3.03. The van der Waals surface area contributed by atoms with Gasteiger partial charge >= 0.3 is 0 Å². The van der Waals surface area contributed by atoms with Gasteiger partial charge in [-0.15, -0.1) is 24.2 Å². The number of anilines is 1. The van der Waals surface area contributed by atoms with Crippen LogP contribution in [-0.4, -0.2) is 30.9 Å². The van der Waals surface area contributed by atoms with Crippen molar-refractivity contribution in [2.75, 3.05) is 18.1 Å². The predicted octanol–water partition coefficient (Wildman–Crippen LogP) is 2.28. The molecule has 0 spiro atoms. The van der Waals surface area contributed by atoms with Crippen LogP contribution in [0.25, 0.3) is 0 Å². The summed E-state index contributed by atoms with van der Waals surface area (Å²) in [6.45, 7) is 0.477. The van der Waals surface area contributed by atoms with E-state index in [4.69, 9.17) is 10.5 Å². The van der Waals surface area contributed by atoms with Gasteiger partial charge in [0.2, 0.25) is 0 Å². The Hall–Kier alpha value is -0.750. The lowest BCUT2D eigenvalue weighted by Gasteiger charge is -2.14. The summed E-state index contributed by atoms with van der Waals surface area (Å²) in [6.07, 6.45) is 3.25. The number of ether oxygens (including phenoxy) is 1. The van der Waals surface area contributed by atoms with E-state index in [1.807, 2.05) is 30.5 Å². The summed E-state index contributed by atoms with van der Waals surface area (Å²) in [5, 5.41) is 2.92. The van der Waals surface area contributed by atoms with Gasteiger partial charge in [-0.1, -0.05) is 12.1 Å². The summed E-state index contributed by atoms with van der Waals surface area (Å²) in [5.41, 5.74) is 6.38. The average molecular weight is 303 g/mol. The molecule has 1 fully saturated rings. The van der Waals surface area contributed by atoms with Gasteiger partial charge in [-0.3, -0.25) is 4.79 Å². The van der Waals surface area contributed by atoms with Crippen LogP contribution in [0, 0.1) is 0 Å². The number of nitrogens with two attached hydrogens (primary N) is 1. The Kier molecular flexibility index (Phi) is 6.65. The van der Waals surface area contributed by atoms with Crippen molar-refractivity contribution in [1.82, 2.24) is 0 Å². The maximum Gasteiger partial charge on any atom is 0.253 e. The van der Waals surface area contributed by atoms with Crippen LogP contribution in [0.1, 0.15) is 12.8 Å². The Morgan fingerprint density at radius 2 is 2.21 bits per heavy atom. The first-order valence-corrected chi connectivity index (χ1v) is 7.26. The Morgan fingerprint density at radius 3 is 2.84 bits per heavy atom. The van der Waals surface area contributed by atoms with Gasteiger partial charge in [0.15, 0.2) is 0 Å². The lowest BCUT2D eigenvalue weighted by Crippen LogP contribution is -2.29. The maximum atomic E-state index is 12.1. The van der Waals surface area contributed by atoms with Crippen molar-refractivity contribution in [3.63, 3.8) is 0 Å². The first-order valence-electron chi connectivity index (χ1n) is 6.04. The molecule has 3 N–H and O–H groups in total. The summed E-state index contributed by atoms with van der Waals surface area (Å²) in [4.78, 5) is 13.1. The van der Waals surface area contributed by atoms with Crippen LogP contribution < -0.4 is 11.1 Å². The first kappa shape index (κ1) is 16.3. The summed E-state index contributed by atoms with van der Waals surface area (Å²) in [6, 6.07) is 7.75. The number of hydrogen-bond donors (Lipinski definition) is 2. The maximum absolute atomic E-state index is 12.1. The molecule has 4 nitrogen and oxygen atoms in total. The van der Waals surface area contributed by atoms with Gasteiger partial charge in [-0.2, -0.15) is 0 Å². The van der Waals surface area contributed by atoms with Gasteiger partial charge in [-0.25, -0.2) is 0 Å². The van der Waals surface area contributed by atoms with E-state index in [0.717, 1.165) is 23.4 Å². The minimum atomic E-state index is -0.367. The van der Waals surface area contributed by atoms with Crippen LogP contribution in [0.2, 0.25) is 0 Å². The number of para-hydroxylation sites is 1. The highest BCUT2D eigenvalue weighted by Gasteiger charge is 2.30. The quantitative estimate of drug-likeness (QED) is 0.838. The zero-order valence-corrected chi connectivity index (χ0v) is 12.4. The molecular weight excluding hydrogens is 284 g/mol. The normalized spacial score (nSPS) is 21.8. The Morgan fingerprint density at radius 1 is 1.47 bits per heavy atom. The van der Waals surface area contributed by atoms with Crippen LogP contribution >= 0.6 is 24.2 Å². The minimum Gasteiger partial charge on any atom is -0.364 e. The molecule has 0 bridgehead atoms.